The molecule has 0 aliphatic carbocycles. The fourth-order valence-corrected chi connectivity index (χ4v) is 1.49. The maximum atomic E-state index is 8.99. The zero-order valence-electron chi connectivity index (χ0n) is 8.43. The Morgan fingerprint density at radius 1 is 1.25 bits per heavy atom. The van der Waals surface area contributed by atoms with Gasteiger partial charge < -0.3 is 9.84 Å². The zero-order valence-corrected chi connectivity index (χ0v) is 10.0. The van der Waals surface area contributed by atoms with Gasteiger partial charge in [0.1, 0.15) is 5.75 Å². The summed E-state index contributed by atoms with van der Waals surface area (Å²) in [7, 11) is 0. The van der Waals surface area contributed by atoms with E-state index in [1.807, 2.05) is 24.3 Å². The molecule has 0 amide bonds. The molecular weight excluding hydrogens is 270 g/mol. The molecule has 0 saturated carbocycles. The molecule has 0 radical (unpaired) electrons. The molecule has 0 atom stereocenters. The molecule has 1 N–H and O–H groups in total. The SMILES string of the molecule is OCc1cccc(Oc2ccc(Br)cn2)c1. The fraction of sp³-hybridized carbons (Fsp3) is 0.0833. The van der Waals surface area contributed by atoms with Crippen molar-refractivity contribution >= 4 is 15.9 Å². The van der Waals surface area contributed by atoms with Crippen molar-refractivity contribution in [2.24, 2.45) is 0 Å². The lowest BCUT2D eigenvalue weighted by atomic mass is 10.2. The van der Waals surface area contributed by atoms with Crippen molar-refractivity contribution < 1.29 is 9.84 Å². The molecule has 1 aromatic carbocycles. The summed E-state index contributed by atoms with van der Waals surface area (Å²) >= 11 is 3.30. The molecule has 1 aromatic heterocycles. The van der Waals surface area contributed by atoms with Crippen LogP contribution in [0.1, 0.15) is 5.56 Å². The molecule has 0 saturated heterocycles. The van der Waals surface area contributed by atoms with Gasteiger partial charge in [0.05, 0.1) is 6.61 Å². The number of hydrogen-bond donors (Lipinski definition) is 1. The van der Waals surface area contributed by atoms with Crippen molar-refractivity contribution in [1.82, 2.24) is 4.98 Å². The highest BCUT2D eigenvalue weighted by atomic mass is 79.9. The first-order chi connectivity index (χ1) is 7.78. The van der Waals surface area contributed by atoms with Gasteiger partial charge in [0.25, 0.3) is 0 Å². The van der Waals surface area contributed by atoms with Gasteiger partial charge in [0, 0.05) is 16.7 Å². The van der Waals surface area contributed by atoms with Gasteiger partial charge in [-0.05, 0) is 39.7 Å². The normalized spacial score (nSPS) is 10.1. The van der Waals surface area contributed by atoms with E-state index in [-0.39, 0.29) is 6.61 Å². The third-order valence-electron chi connectivity index (χ3n) is 2.00. The molecule has 4 heteroatoms. The van der Waals surface area contributed by atoms with E-state index in [9.17, 15) is 0 Å². The predicted molar refractivity (Wildman–Crippen MR) is 64.4 cm³/mol. The summed E-state index contributed by atoms with van der Waals surface area (Å²) in [6.07, 6.45) is 1.67. The Labute approximate surface area is 102 Å². The van der Waals surface area contributed by atoms with Crippen molar-refractivity contribution in [3.63, 3.8) is 0 Å². The number of aliphatic hydroxyl groups is 1. The van der Waals surface area contributed by atoms with Crippen LogP contribution in [0.2, 0.25) is 0 Å². The quantitative estimate of drug-likeness (QED) is 0.939. The summed E-state index contributed by atoms with van der Waals surface area (Å²) in [5.41, 5.74) is 0.814. The average Bonchev–Trinajstić information content (AvgIpc) is 2.32. The number of aliphatic hydroxyl groups excluding tert-OH is 1. The summed E-state index contributed by atoms with van der Waals surface area (Å²) in [6, 6.07) is 10.9. The molecule has 82 valence electrons. The molecule has 2 aromatic rings. The topological polar surface area (TPSA) is 42.4 Å². The third kappa shape index (κ3) is 2.81. The lowest BCUT2D eigenvalue weighted by molar-refractivity contribution is 0.281. The summed E-state index contributed by atoms with van der Waals surface area (Å²) in [6.45, 7) is 0.00493. The van der Waals surface area contributed by atoms with Crippen LogP contribution in [0, 0.1) is 0 Å². The van der Waals surface area contributed by atoms with Crippen LogP contribution in [-0.2, 0) is 6.61 Å². The Hall–Kier alpha value is -1.39. The molecule has 2 rings (SSSR count). The molecule has 0 bridgehead atoms. The van der Waals surface area contributed by atoms with E-state index < -0.39 is 0 Å². The molecular formula is C12H10BrNO2. The largest absolute Gasteiger partial charge is 0.439 e. The first-order valence-electron chi connectivity index (χ1n) is 4.77. The van der Waals surface area contributed by atoms with E-state index in [2.05, 4.69) is 20.9 Å². The van der Waals surface area contributed by atoms with Crippen LogP contribution in [-0.4, -0.2) is 10.1 Å². The Bertz CT molecular complexity index is 471. The van der Waals surface area contributed by atoms with Gasteiger partial charge in [-0.3, -0.25) is 0 Å². The van der Waals surface area contributed by atoms with E-state index >= 15 is 0 Å². The maximum Gasteiger partial charge on any atom is 0.219 e. The van der Waals surface area contributed by atoms with E-state index in [1.165, 1.54) is 0 Å². The van der Waals surface area contributed by atoms with Crippen molar-refractivity contribution in [3.05, 3.63) is 52.6 Å². The highest BCUT2D eigenvalue weighted by Gasteiger charge is 1.99. The second-order valence-electron chi connectivity index (χ2n) is 3.22. The van der Waals surface area contributed by atoms with E-state index in [0.717, 1.165) is 10.0 Å². The predicted octanol–water partition coefficient (Wildman–Crippen LogP) is 3.13. The van der Waals surface area contributed by atoms with Crippen LogP contribution in [0.3, 0.4) is 0 Å². The molecule has 3 nitrogen and oxygen atoms in total. The van der Waals surface area contributed by atoms with Crippen molar-refractivity contribution in [1.29, 1.82) is 0 Å². The minimum atomic E-state index is 0.00493. The third-order valence-corrected chi connectivity index (χ3v) is 2.47. The van der Waals surface area contributed by atoms with Gasteiger partial charge in [0.15, 0.2) is 0 Å². The van der Waals surface area contributed by atoms with Crippen molar-refractivity contribution in [2.45, 2.75) is 6.61 Å². The smallest absolute Gasteiger partial charge is 0.219 e. The lowest BCUT2D eigenvalue weighted by Crippen LogP contribution is -1.89. The molecule has 0 aliphatic heterocycles. The Morgan fingerprint density at radius 2 is 2.12 bits per heavy atom. The summed E-state index contributed by atoms with van der Waals surface area (Å²) in [5.74, 6) is 1.19. The highest BCUT2D eigenvalue weighted by molar-refractivity contribution is 9.10. The van der Waals surface area contributed by atoms with E-state index in [0.29, 0.717) is 11.6 Å². The Kier molecular flexibility index (Phi) is 3.54. The number of pyridine rings is 1. The summed E-state index contributed by atoms with van der Waals surface area (Å²) in [5, 5.41) is 8.99. The molecule has 1 heterocycles. The fourth-order valence-electron chi connectivity index (χ4n) is 1.25. The average molecular weight is 280 g/mol. The van der Waals surface area contributed by atoms with Crippen molar-refractivity contribution in [2.75, 3.05) is 0 Å². The lowest BCUT2D eigenvalue weighted by Gasteiger charge is -2.05. The number of aromatic nitrogens is 1. The Morgan fingerprint density at radius 3 is 2.81 bits per heavy atom. The monoisotopic (exact) mass is 279 g/mol. The summed E-state index contributed by atoms with van der Waals surface area (Å²) < 4.78 is 6.44. The number of rotatable bonds is 3. The zero-order chi connectivity index (χ0) is 11.4. The minimum absolute atomic E-state index is 0.00493. The molecule has 0 unspecified atom stereocenters. The second kappa shape index (κ2) is 5.09. The molecule has 0 spiro atoms. The second-order valence-corrected chi connectivity index (χ2v) is 4.14. The number of benzene rings is 1. The van der Waals surface area contributed by atoms with Crippen molar-refractivity contribution in [3.8, 4) is 11.6 Å². The van der Waals surface area contributed by atoms with Gasteiger partial charge in [0.2, 0.25) is 5.88 Å². The first kappa shape index (κ1) is 11.1. The van der Waals surface area contributed by atoms with Crippen LogP contribution in [0.4, 0.5) is 0 Å². The Balaban J connectivity index is 2.16. The van der Waals surface area contributed by atoms with Crippen LogP contribution in [0.5, 0.6) is 11.6 Å². The van der Waals surface area contributed by atoms with E-state index in [1.54, 1.807) is 18.3 Å². The number of nitrogens with zero attached hydrogens (tertiary/aromatic N) is 1. The van der Waals surface area contributed by atoms with Gasteiger partial charge in [-0.15, -0.1) is 0 Å². The van der Waals surface area contributed by atoms with Gasteiger partial charge in [-0.25, -0.2) is 4.98 Å². The molecule has 16 heavy (non-hydrogen) atoms. The number of halogens is 1. The van der Waals surface area contributed by atoms with Gasteiger partial charge in [-0.2, -0.15) is 0 Å². The summed E-state index contributed by atoms with van der Waals surface area (Å²) in [4.78, 5) is 4.10. The minimum Gasteiger partial charge on any atom is -0.439 e. The van der Waals surface area contributed by atoms with Crippen LogP contribution in [0.25, 0.3) is 0 Å². The number of ether oxygens (including phenoxy) is 1. The van der Waals surface area contributed by atoms with Gasteiger partial charge in [-0.1, -0.05) is 12.1 Å². The maximum absolute atomic E-state index is 8.99. The molecule has 0 aliphatic rings. The highest BCUT2D eigenvalue weighted by Crippen LogP contribution is 2.21. The van der Waals surface area contributed by atoms with Crippen LogP contribution >= 0.6 is 15.9 Å². The number of hydrogen-bond acceptors (Lipinski definition) is 3. The van der Waals surface area contributed by atoms with Crippen LogP contribution < -0.4 is 4.74 Å². The first-order valence-corrected chi connectivity index (χ1v) is 5.56. The molecule has 0 fully saturated rings. The van der Waals surface area contributed by atoms with Crippen LogP contribution in [0.15, 0.2) is 47.1 Å². The standard InChI is InChI=1S/C12H10BrNO2/c13-10-4-5-12(14-7-10)16-11-3-1-2-9(6-11)8-15/h1-7,15H,8H2. The van der Waals surface area contributed by atoms with E-state index in [4.69, 9.17) is 9.84 Å². The van der Waals surface area contributed by atoms with Gasteiger partial charge >= 0.3 is 0 Å².